The van der Waals surface area contributed by atoms with Crippen molar-refractivity contribution in [3.05, 3.63) is 22.4 Å². The number of rotatable bonds is 7. The third kappa shape index (κ3) is 9.90. The fourth-order valence-electron chi connectivity index (χ4n) is 0.725. The average molecular weight is 239 g/mol. The zero-order valence-electron chi connectivity index (χ0n) is 8.56. The van der Waals surface area contributed by atoms with Crippen molar-refractivity contribution in [3.63, 3.8) is 0 Å². The number of unbranched alkanes of at least 4 members (excludes halogenated alkanes) is 1. The van der Waals surface area contributed by atoms with E-state index in [0.717, 1.165) is 25.0 Å². The van der Waals surface area contributed by atoms with Gasteiger partial charge in [0.05, 0.1) is 12.9 Å². The van der Waals surface area contributed by atoms with Gasteiger partial charge < -0.3 is 9.47 Å². The normalized spacial score (nSPS) is 11.3. The topological polar surface area (TPSA) is 18.5 Å². The monoisotopic (exact) mass is 238 g/mol. The first kappa shape index (κ1) is 13.8. The van der Waals surface area contributed by atoms with E-state index in [-0.39, 0.29) is 11.3 Å². The van der Waals surface area contributed by atoms with Crippen molar-refractivity contribution >= 4 is 23.2 Å². The predicted molar refractivity (Wildman–Crippen MR) is 60.4 cm³/mol. The fraction of sp³-hybridized carbons (Fsp3) is 0.600. The molecule has 0 fully saturated rings. The van der Waals surface area contributed by atoms with E-state index in [2.05, 4.69) is 6.92 Å². The Bertz CT molecular complexity index is 196. The summed E-state index contributed by atoms with van der Waals surface area (Å²) in [5.41, 5.74) is 0.851. The van der Waals surface area contributed by atoms with E-state index in [9.17, 15) is 0 Å². The highest BCUT2D eigenvalue weighted by molar-refractivity contribution is 6.56. The highest BCUT2D eigenvalue weighted by Gasteiger charge is 1.88. The van der Waals surface area contributed by atoms with Crippen LogP contribution in [0.15, 0.2) is 22.4 Å². The summed E-state index contributed by atoms with van der Waals surface area (Å²) >= 11 is 10.9. The molecule has 0 amide bonds. The molecule has 0 N–H and O–H groups in total. The van der Waals surface area contributed by atoms with E-state index in [1.54, 1.807) is 12.3 Å². The van der Waals surface area contributed by atoms with E-state index in [4.69, 9.17) is 32.7 Å². The minimum atomic E-state index is 0.217. The molecule has 0 spiro atoms. The largest absolute Gasteiger partial charge is 0.475 e. The lowest BCUT2D eigenvalue weighted by Gasteiger charge is -2.02. The van der Waals surface area contributed by atoms with Crippen molar-refractivity contribution in [3.8, 4) is 0 Å². The lowest BCUT2D eigenvalue weighted by Crippen LogP contribution is -1.97. The first-order valence-corrected chi connectivity index (χ1v) is 5.31. The van der Waals surface area contributed by atoms with Gasteiger partial charge in [0.15, 0.2) is 6.79 Å². The Morgan fingerprint density at radius 2 is 2.07 bits per heavy atom. The van der Waals surface area contributed by atoms with Crippen LogP contribution in [0.1, 0.15) is 26.7 Å². The van der Waals surface area contributed by atoms with E-state index in [0.29, 0.717) is 0 Å². The highest BCUT2D eigenvalue weighted by Crippen LogP contribution is 2.10. The molecule has 14 heavy (non-hydrogen) atoms. The van der Waals surface area contributed by atoms with Crippen LogP contribution in [0, 0.1) is 0 Å². The van der Waals surface area contributed by atoms with Gasteiger partial charge in [-0.2, -0.15) is 0 Å². The number of hydrogen-bond acceptors (Lipinski definition) is 2. The van der Waals surface area contributed by atoms with Crippen LogP contribution in [0.2, 0.25) is 0 Å². The average Bonchev–Trinajstić information content (AvgIpc) is 2.10. The molecule has 0 aromatic rings. The maximum Gasteiger partial charge on any atom is 0.188 e. The molecule has 0 atom stereocenters. The van der Waals surface area contributed by atoms with E-state index >= 15 is 0 Å². The van der Waals surface area contributed by atoms with Gasteiger partial charge in [0, 0.05) is 0 Å². The van der Waals surface area contributed by atoms with E-state index in [1.807, 2.05) is 6.92 Å². The smallest absolute Gasteiger partial charge is 0.188 e. The molecule has 0 rings (SSSR count). The second-order valence-corrected chi connectivity index (χ2v) is 3.85. The Labute approximate surface area is 95.5 Å². The Kier molecular flexibility index (Phi) is 9.26. The zero-order valence-corrected chi connectivity index (χ0v) is 10.1. The summed E-state index contributed by atoms with van der Waals surface area (Å²) in [6.45, 7) is 4.96. The molecule has 82 valence electrons. The van der Waals surface area contributed by atoms with Gasteiger partial charge >= 0.3 is 0 Å². The van der Waals surface area contributed by atoms with Gasteiger partial charge in [0.25, 0.3) is 0 Å². The van der Waals surface area contributed by atoms with Gasteiger partial charge in [0.2, 0.25) is 0 Å². The summed E-state index contributed by atoms with van der Waals surface area (Å²) in [7, 11) is 0. The van der Waals surface area contributed by atoms with Crippen LogP contribution in [-0.4, -0.2) is 13.4 Å². The third-order valence-corrected chi connectivity index (χ3v) is 1.62. The molecule has 4 heteroatoms. The van der Waals surface area contributed by atoms with Crippen LogP contribution in [-0.2, 0) is 9.47 Å². The number of halogens is 2. The van der Waals surface area contributed by atoms with Gasteiger partial charge in [0.1, 0.15) is 4.49 Å². The SMILES string of the molecule is CCCCOCO/C=C(\C)C=C(Cl)Cl. The van der Waals surface area contributed by atoms with Crippen LogP contribution in [0.5, 0.6) is 0 Å². The molecule has 0 aromatic carbocycles. The fourth-order valence-corrected chi connectivity index (χ4v) is 1.07. The Morgan fingerprint density at radius 3 is 2.64 bits per heavy atom. The maximum atomic E-state index is 5.45. The molecule has 0 aromatic heterocycles. The molecular weight excluding hydrogens is 223 g/mol. The maximum absolute atomic E-state index is 5.45. The van der Waals surface area contributed by atoms with E-state index in [1.165, 1.54) is 0 Å². The van der Waals surface area contributed by atoms with Crippen molar-refractivity contribution in [2.75, 3.05) is 13.4 Å². The summed E-state index contributed by atoms with van der Waals surface area (Å²) < 4.78 is 10.5. The first-order valence-electron chi connectivity index (χ1n) is 4.55. The van der Waals surface area contributed by atoms with Crippen LogP contribution in [0.3, 0.4) is 0 Å². The molecule has 0 saturated carbocycles. The lowest BCUT2D eigenvalue weighted by molar-refractivity contribution is -0.0127. The summed E-state index contributed by atoms with van der Waals surface area (Å²) in [5.74, 6) is 0. The zero-order chi connectivity index (χ0) is 10.8. The van der Waals surface area contributed by atoms with Crippen LogP contribution < -0.4 is 0 Å². The highest BCUT2D eigenvalue weighted by atomic mass is 35.5. The molecule has 2 nitrogen and oxygen atoms in total. The molecule has 0 aliphatic heterocycles. The first-order chi connectivity index (χ1) is 6.66. The number of hydrogen-bond donors (Lipinski definition) is 0. The third-order valence-electron chi connectivity index (χ3n) is 1.40. The van der Waals surface area contributed by atoms with Gasteiger partial charge in [-0.25, -0.2) is 0 Å². The van der Waals surface area contributed by atoms with Gasteiger partial charge in [-0.3, -0.25) is 0 Å². The van der Waals surface area contributed by atoms with Gasteiger partial charge in [-0.05, 0) is 25.0 Å². The van der Waals surface area contributed by atoms with Crippen molar-refractivity contribution in [2.24, 2.45) is 0 Å². The summed E-state index contributed by atoms with van der Waals surface area (Å²) in [4.78, 5) is 0. The molecule has 0 heterocycles. The molecular formula is C10H16Cl2O2. The second-order valence-electron chi connectivity index (χ2n) is 2.84. The van der Waals surface area contributed by atoms with Crippen LogP contribution in [0.25, 0.3) is 0 Å². The van der Waals surface area contributed by atoms with Gasteiger partial charge in [-0.1, -0.05) is 36.5 Å². The van der Waals surface area contributed by atoms with Crippen molar-refractivity contribution in [2.45, 2.75) is 26.7 Å². The molecule has 0 unspecified atom stereocenters. The predicted octanol–water partition coefficient (Wildman–Crippen LogP) is 4.00. The van der Waals surface area contributed by atoms with Crippen LogP contribution >= 0.6 is 23.2 Å². The minimum Gasteiger partial charge on any atom is -0.475 e. The quantitative estimate of drug-likeness (QED) is 0.289. The molecule has 0 aliphatic rings. The van der Waals surface area contributed by atoms with Crippen molar-refractivity contribution in [1.29, 1.82) is 0 Å². The lowest BCUT2D eigenvalue weighted by atomic mass is 10.3. The van der Waals surface area contributed by atoms with Crippen molar-refractivity contribution in [1.82, 2.24) is 0 Å². The number of allylic oxidation sites excluding steroid dienone is 2. The number of ether oxygens (including phenoxy) is 2. The summed E-state index contributed by atoms with van der Waals surface area (Å²) in [6, 6.07) is 0. The van der Waals surface area contributed by atoms with Crippen LogP contribution in [0.4, 0.5) is 0 Å². The standard InChI is InChI=1S/C10H16Cl2O2/c1-3-4-5-13-8-14-7-9(2)6-10(11)12/h6-7H,3-5,8H2,1-2H3/b9-7+. The molecule has 0 bridgehead atoms. The summed E-state index contributed by atoms with van der Waals surface area (Å²) in [5, 5.41) is 0. The Hall–Kier alpha value is -0.180. The molecule has 0 radical (unpaired) electrons. The summed E-state index contributed by atoms with van der Waals surface area (Å²) in [6.07, 6.45) is 5.35. The van der Waals surface area contributed by atoms with Gasteiger partial charge in [-0.15, -0.1) is 0 Å². The van der Waals surface area contributed by atoms with Crippen molar-refractivity contribution < 1.29 is 9.47 Å². The molecule has 0 aliphatic carbocycles. The molecule has 0 saturated heterocycles. The Balaban J connectivity index is 3.47. The minimum absolute atomic E-state index is 0.217. The second kappa shape index (κ2) is 9.38. The van der Waals surface area contributed by atoms with E-state index < -0.39 is 0 Å². The Morgan fingerprint density at radius 1 is 1.36 bits per heavy atom.